The van der Waals surface area contributed by atoms with Crippen molar-refractivity contribution in [2.75, 3.05) is 66.1 Å². The van der Waals surface area contributed by atoms with Crippen LogP contribution in [-0.4, -0.2) is 76.3 Å². The van der Waals surface area contributed by atoms with Crippen LogP contribution in [0.15, 0.2) is 72.8 Å². The summed E-state index contributed by atoms with van der Waals surface area (Å²) in [6, 6.07) is 24.0. The highest BCUT2D eigenvalue weighted by atomic mass is 16.6. The number of rotatable bonds is 0. The zero-order chi connectivity index (χ0) is 31.6. The van der Waals surface area contributed by atoms with Crippen molar-refractivity contribution < 1.29 is 38.6 Å². The average Bonchev–Trinajstić information content (AvgIpc) is 3.05. The highest BCUT2D eigenvalue weighted by molar-refractivity contribution is 5.55. The summed E-state index contributed by atoms with van der Waals surface area (Å²) in [6.45, 7) is 4.44. The number of benzene rings is 4. The van der Waals surface area contributed by atoms with E-state index in [4.69, 9.17) is 28.4 Å². The molecule has 0 aromatic heterocycles. The summed E-state index contributed by atoms with van der Waals surface area (Å²) in [5.74, 6) is 2.03. The Hall–Kier alpha value is -4.08. The van der Waals surface area contributed by atoms with Gasteiger partial charge < -0.3 is 38.6 Å². The SMILES string of the molecule is Oc1c2cccc1Cc1cccc3c1OCCOCCOCCOCCOCCOc1c(cccc1C3)Cc1cccc(c1O)C2. The highest BCUT2D eigenvalue weighted by Gasteiger charge is 2.20. The molecule has 0 amide bonds. The van der Waals surface area contributed by atoms with Gasteiger partial charge in [-0.3, -0.25) is 0 Å². The lowest BCUT2D eigenvalue weighted by Crippen LogP contribution is -2.15. The van der Waals surface area contributed by atoms with Gasteiger partial charge in [-0.05, 0) is 44.5 Å². The minimum Gasteiger partial charge on any atom is -0.507 e. The average molecular weight is 627 g/mol. The zero-order valence-corrected chi connectivity index (χ0v) is 26.2. The molecule has 1 aliphatic heterocycles. The monoisotopic (exact) mass is 626 g/mol. The van der Waals surface area contributed by atoms with E-state index in [0.29, 0.717) is 91.8 Å². The van der Waals surface area contributed by atoms with Crippen LogP contribution in [0.4, 0.5) is 0 Å². The number of hydrogen-bond donors (Lipinski definition) is 2. The Kier molecular flexibility index (Phi) is 11.1. The van der Waals surface area contributed by atoms with E-state index in [-0.39, 0.29) is 11.5 Å². The first kappa shape index (κ1) is 31.9. The second-order valence-electron chi connectivity index (χ2n) is 11.5. The van der Waals surface area contributed by atoms with Crippen LogP contribution in [0.5, 0.6) is 23.0 Å². The Balaban J connectivity index is 1.42. The summed E-state index contributed by atoms with van der Waals surface area (Å²) in [4.78, 5) is 0. The highest BCUT2D eigenvalue weighted by Crippen LogP contribution is 2.38. The molecule has 6 rings (SSSR count). The molecule has 242 valence electrons. The zero-order valence-electron chi connectivity index (χ0n) is 26.2. The number of phenolic OH excluding ortho intramolecular Hbond substituents is 2. The predicted octanol–water partition coefficient (Wildman–Crippen LogP) is 5.61. The van der Waals surface area contributed by atoms with Crippen LogP contribution in [0.3, 0.4) is 0 Å². The van der Waals surface area contributed by atoms with Crippen LogP contribution in [0.2, 0.25) is 0 Å². The lowest BCUT2D eigenvalue weighted by atomic mass is 9.91. The van der Waals surface area contributed by atoms with Gasteiger partial charge in [-0.15, -0.1) is 0 Å². The smallest absolute Gasteiger partial charge is 0.126 e. The molecule has 0 fully saturated rings. The van der Waals surface area contributed by atoms with E-state index in [1.165, 1.54) is 0 Å². The number of para-hydroxylation sites is 4. The number of hydrogen-bond acceptors (Lipinski definition) is 8. The number of fused-ring (bicyclic) bond motifs is 4. The summed E-state index contributed by atoms with van der Waals surface area (Å²) in [5.41, 5.74) is 7.06. The van der Waals surface area contributed by atoms with Gasteiger partial charge in [0.1, 0.15) is 36.2 Å². The van der Waals surface area contributed by atoms with Gasteiger partial charge in [-0.25, -0.2) is 0 Å². The molecule has 0 spiro atoms. The van der Waals surface area contributed by atoms with Crippen molar-refractivity contribution in [1.82, 2.24) is 0 Å². The maximum absolute atomic E-state index is 11.4. The molecule has 46 heavy (non-hydrogen) atoms. The van der Waals surface area contributed by atoms with Crippen molar-refractivity contribution in [1.29, 1.82) is 0 Å². The summed E-state index contributed by atoms with van der Waals surface area (Å²) in [5, 5.41) is 22.8. The molecule has 0 radical (unpaired) electrons. The minimum atomic E-state index is 0.233. The van der Waals surface area contributed by atoms with E-state index in [9.17, 15) is 10.2 Å². The van der Waals surface area contributed by atoms with Gasteiger partial charge in [0.2, 0.25) is 0 Å². The molecule has 2 aliphatic rings. The lowest BCUT2D eigenvalue weighted by Gasteiger charge is -2.21. The third kappa shape index (κ3) is 8.00. The fraction of sp³-hybridized carbons (Fsp3) is 0.368. The quantitative estimate of drug-likeness (QED) is 0.229. The Morgan fingerprint density at radius 3 is 0.891 bits per heavy atom. The molecule has 4 aromatic rings. The molecule has 0 saturated carbocycles. The third-order valence-electron chi connectivity index (χ3n) is 8.35. The van der Waals surface area contributed by atoms with E-state index < -0.39 is 0 Å². The normalized spacial score (nSPS) is 17.0. The number of aromatic hydroxyl groups is 2. The summed E-state index contributed by atoms with van der Waals surface area (Å²) in [6.07, 6.45) is 1.92. The first-order valence-electron chi connectivity index (χ1n) is 16.0. The van der Waals surface area contributed by atoms with E-state index in [2.05, 4.69) is 12.1 Å². The maximum Gasteiger partial charge on any atom is 0.126 e. The van der Waals surface area contributed by atoms with Crippen LogP contribution in [0, 0.1) is 0 Å². The van der Waals surface area contributed by atoms with Crippen molar-refractivity contribution in [3.05, 3.63) is 117 Å². The fourth-order valence-electron chi connectivity index (χ4n) is 6.05. The molecule has 2 N–H and O–H groups in total. The van der Waals surface area contributed by atoms with E-state index in [0.717, 1.165) is 56.0 Å². The van der Waals surface area contributed by atoms with Gasteiger partial charge in [0.25, 0.3) is 0 Å². The molecule has 0 saturated heterocycles. The van der Waals surface area contributed by atoms with Crippen molar-refractivity contribution in [3.63, 3.8) is 0 Å². The summed E-state index contributed by atoms with van der Waals surface area (Å²) < 4.78 is 35.8. The second kappa shape index (κ2) is 16.0. The summed E-state index contributed by atoms with van der Waals surface area (Å²) in [7, 11) is 0. The van der Waals surface area contributed by atoms with Gasteiger partial charge >= 0.3 is 0 Å². The number of ether oxygens (including phenoxy) is 6. The molecule has 0 atom stereocenters. The minimum absolute atomic E-state index is 0.233. The van der Waals surface area contributed by atoms with Crippen molar-refractivity contribution in [2.45, 2.75) is 25.7 Å². The van der Waals surface area contributed by atoms with Gasteiger partial charge in [0.15, 0.2) is 0 Å². The Labute approximate surface area is 270 Å². The first-order valence-corrected chi connectivity index (χ1v) is 16.0. The van der Waals surface area contributed by atoms with Crippen LogP contribution in [0.1, 0.15) is 44.5 Å². The molecule has 1 aliphatic carbocycles. The fourth-order valence-corrected chi connectivity index (χ4v) is 6.05. The molecular weight excluding hydrogens is 584 g/mol. The Morgan fingerprint density at radius 1 is 0.326 bits per heavy atom. The van der Waals surface area contributed by atoms with Gasteiger partial charge in [0.05, 0.1) is 52.9 Å². The molecule has 4 aromatic carbocycles. The molecule has 0 unspecified atom stereocenters. The maximum atomic E-state index is 11.4. The van der Waals surface area contributed by atoms with Crippen LogP contribution in [-0.2, 0) is 44.6 Å². The topological polar surface area (TPSA) is 95.8 Å². The molecule has 10 bridgehead atoms. The van der Waals surface area contributed by atoms with Gasteiger partial charge in [-0.1, -0.05) is 72.8 Å². The van der Waals surface area contributed by atoms with Crippen molar-refractivity contribution in [3.8, 4) is 23.0 Å². The predicted molar refractivity (Wildman–Crippen MR) is 175 cm³/mol. The van der Waals surface area contributed by atoms with Crippen molar-refractivity contribution in [2.24, 2.45) is 0 Å². The molecule has 1 heterocycles. The summed E-state index contributed by atoms with van der Waals surface area (Å²) >= 11 is 0. The first-order chi connectivity index (χ1) is 22.7. The van der Waals surface area contributed by atoms with E-state index >= 15 is 0 Å². The largest absolute Gasteiger partial charge is 0.507 e. The van der Waals surface area contributed by atoms with Gasteiger partial charge in [-0.2, -0.15) is 0 Å². The third-order valence-corrected chi connectivity index (χ3v) is 8.35. The van der Waals surface area contributed by atoms with E-state index in [1.54, 1.807) is 0 Å². The van der Waals surface area contributed by atoms with Crippen molar-refractivity contribution >= 4 is 0 Å². The van der Waals surface area contributed by atoms with Crippen LogP contribution in [0.25, 0.3) is 0 Å². The molecule has 8 heteroatoms. The molecular formula is C38H42O8. The second-order valence-corrected chi connectivity index (χ2v) is 11.5. The standard InChI is InChI=1S/C38H42O8/c39-35-27-5-1-7-29(35)24-31-9-3-11-33-26-34-12-4-10-32(25-30-8-2-6-28(23-27)36(30)40)38(34)46-22-20-44-18-16-42-14-13-41-15-17-43-19-21-45-37(31)33/h1-12,39-40H,13-26H2. The Morgan fingerprint density at radius 2 is 0.565 bits per heavy atom. The Bertz CT molecular complexity index is 1480. The molecule has 8 nitrogen and oxygen atoms in total. The van der Waals surface area contributed by atoms with E-state index in [1.807, 2.05) is 60.7 Å². The lowest BCUT2D eigenvalue weighted by molar-refractivity contribution is -0.00701. The number of phenols is 2. The van der Waals surface area contributed by atoms with Crippen LogP contribution < -0.4 is 9.47 Å². The van der Waals surface area contributed by atoms with Gasteiger partial charge in [0, 0.05) is 25.7 Å². The van der Waals surface area contributed by atoms with Crippen LogP contribution >= 0.6 is 0 Å².